The number of Topliss-reactive ketones (excluding diaryl/α,β-unsaturated/α-hetero) is 3. The van der Waals surface area contributed by atoms with Crippen LogP contribution in [0, 0.1) is 39.4 Å². The molecular weight excluding hydrogens is 460 g/mol. The Balaban J connectivity index is 1.71. The minimum absolute atomic E-state index is 0.0281. The lowest BCUT2D eigenvalue weighted by Gasteiger charge is -2.63. The van der Waals surface area contributed by atoms with E-state index in [9.17, 15) is 34.8 Å². The molecule has 2 saturated carbocycles. The molecule has 4 aliphatic rings. The van der Waals surface area contributed by atoms with E-state index in [0.29, 0.717) is 12.8 Å². The van der Waals surface area contributed by atoms with E-state index in [1.165, 1.54) is 13.8 Å². The van der Waals surface area contributed by atoms with Crippen LogP contribution in [0.4, 0.5) is 0 Å². The molecule has 8 atom stereocenters. The highest BCUT2D eigenvalue weighted by Crippen LogP contribution is 2.73. The maximum absolute atomic E-state index is 14.1. The summed E-state index contributed by atoms with van der Waals surface area (Å²) in [5.41, 5.74) is -3.29. The van der Waals surface area contributed by atoms with Crippen molar-refractivity contribution in [3.8, 4) is 0 Å². The number of carbonyl (C=O) groups excluding carboxylic acids is 3. The Kier molecular flexibility index (Phi) is 6.11. The van der Waals surface area contributed by atoms with Gasteiger partial charge in [0.25, 0.3) is 0 Å². The number of allylic oxidation sites excluding steroid dienone is 4. The van der Waals surface area contributed by atoms with Gasteiger partial charge in [-0.2, -0.15) is 0 Å². The smallest absolute Gasteiger partial charge is 0.206 e. The SMILES string of the molecule is CC1(C)C(=O)C(O)=CC2C1=CCC1C2(C)C(=O)CC2(C)C(C(O)C(=O)CC(O)C(C)(C)O)CCC12C. The highest BCUT2D eigenvalue weighted by Gasteiger charge is 2.71. The molecular formula is C29H42O7. The van der Waals surface area contributed by atoms with Crippen LogP contribution in [0.25, 0.3) is 0 Å². The minimum Gasteiger partial charge on any atom is -0.505 e. The molecule has 7 nitrogen and oxygen atoms in total. The fourth-order valence-electron chi connectivity index (χ4n) is 8.24. The Hall–Kier alpha value is -1.83. The van der Waals surface area contributed by atoms with Crippen LogP contribution in [-0.2, 0) is 14.4 Å². The largest absolute Gasteiger partial charge is 0.505 e. The number of rotatable bonds is 5. The van der Waals surface area contributed by atoms with E-state index in [2.05, 4.69) is 13.0 Å². The Morgan fingerprint density at radius 3 is 2.31 bits per heavy atom. The van der Waals surface area contributed by atoms with Crippen LogP contribution in [0.15, 0.2) is 23.5 Å². The molecule has 0 aliphatic heterocycles. The predicted molar refractivity (Wildman–Crippen MR) is 134 cm³/mol. The average Bonchev–Trinajstić information content (AvgIpc) is 3.02. The topological polar surface area (TPSA) is 132 Å². The molecule has 8 unspecified atom stereocenters. The van der Waals surface area contributed by atoms with Crippen LogP contribution < -0.4 is 0 Å². The summed E-state index contributed by atoms with van der Waals surface area (Å²) >= 11 is 0. The van der Waals surface area contributed by atoms with Gasteiger partial charge in [0.15, 0.2) is 11.5 Å². The summed E-state index contributed by atoms with van der Waals surface area (Å²) in [6.45, 7) is 12.6. The van der Waals surface area contributed by atoms with Crippen LogP contribution >= 0.6 is 0 Å². The van der Waals surface area contributed by atoms with E-state index >= 15 is 0 Å². The fourth-order valence-corrected chi connectivity index (χ4v) is 8.24. The number of hydrogen-bond donors (Lipinski definition) is 4. The van der Waals surface area contributed by atoms with Crippen LogP contribution in [0.1, 0.15) is 80.6 Å². The molecule has 2 fully saturated rings. The molecule has 0 saturated heterocycles. The monoisotopic (exact) mass is 502 g/mol. The second kappa shape index (κ2) is 8.08. The molecule has 0 aromatic heterocycles. The molecule has 0 radical (unpaired) electrons. The maximum Gasteiger partial charge on any atom is 0.206 e. The predicted octanol–water partition coefficient (Wildman–Crippen LogP) is 3.45. The first-order valence-electron chi connectivity index (χ1n) is 13.1. The quantitative estimate of drug-likeness (QED) is 0.423. The van der Waals surface area contributed by atoms with Gasteiger partial charge in [-0.05, 0) is 75.7 Å². The summed E-state index contributed by atoms with van der Waals surface area (Å²) in [7, 11) is 0. The molecule has 7 heteroatoms. The van der Waals surface area contributed by atoms with Crippen molar-refractivity contribution in [3.05, 3.63) is 23.5 Å². The number of aliphatic hydroxyl groups is 4. The zero-order chi connectivity index (χ0) is 27.2. The molecule has 0 bridgehead atoms. The normalized spacial score (nSPS) is 41.4. The zero-order valence-corrected chi connectivity index (χ0v) is 22.6. The van der Waals surface area contributed by atoms with Crippen molar-refractivity contribution >= 4 is 17.3 Å². The van der Waals surface area contributed by atoms with Gasteiger partial charge in [0.05, 0.1) is 17.1 Å². The van der Waals surface area contributed by atoms with Crippen molar-refractivity contribution < 1.29 is 34.8 Å². The van der Waals surface area contributed by atoms with Crippen molar-refractivity contribution in [2.75, 3.05) is 0 Å². The van der Waals surface area contributed by atoms with E-state index in [1.807, 2.05) is 13.8 Å². The summed E-state index contributed by atoms with van der Waals surface area (Å²) in [6, 6.07) is 0. The van der Waals surface area contributed by atoms with E-state index in [0.717, 1.165) is 12.0 Å². The maximum atomic E-state index is 14.1. The first-order valence-corrected chi connectivity index (χ1v) is 13.1. The van der Waals surface area contributed by atoms with Gasteiger partial charge in [-0.25, -0.2) is 0 Å². The van der Waals surface area contributed by atoms with Gasteiger partial charge in [0.2, 0.25) is 5.78 Å². The summed E-state index contributed by atoms with van der Waals surface area (Å²) in [6.07, 6.45) is 2.76. The minimum atomic E-state index is -1.47. The summed E-state index contributed by atoms with van der Waals surface area (Å²) in [5, 5.41) is 42.0. The lowest BCUT2D eigenvalue weighted by atomic mass is 9.39. The Morgan fingerprint density at radius 1 is 1.11 bits per heavy atom. The van der Waals surface area contributed by atoms with E-state index < -0.39 is 45.8 Å². The number of ketones is 3. The molecule has 36 heavy (non-hydrogen) atoms. The Bertz CT molecular complexity index is 1060. The zero-order valence-electron chi connectivity index (χ0n) is 22.6. The Labute approximate surface area is 213 Å². The van der Waals surface area contributed by atoms with Crippen LogP contribution in [0.3, 0.4) is 0 Å². The Morgan fingerprint density at radius 2 is 1.72 bits per heavy atom. The van der Waals surface area contributed by atoms with E-state index in [-0.39, 0.29) is 47.4 Å². The second-order valence-electron chi connectivity index (χ2n) is 13.6. The molecule has 0 spiro atoms. The number of hydrogen-bond acceptors (Lipinski definition) is 7. The van der Waals surface area contributed by atoms with Gasteiger partial charge in [-0.15, -0.1) is 0 Å². The van der Waals surface area contributed by atoms with Crippen molar-refractivity contribution in [1.82, 2.24) is 0 Å². The standard InChI is InChI=1S/C29H42O7/c1-25(2)15-8-9-20-27(5)11-10-16(23(34)18(30)13-21(32)26(3,4)36)28(27,6)14-22(33)29(20,7)17(15)12-19(31)24(25)35/h8,12,16-17,20-21,23,31-32,34,36H,9-11,13-14H2,1-7H3. The summed E-state index contributed by atoms with van der Waals surface area (Å²) < 4.78 is 0. The van der Waals surface area contributed by atoms with Gasteiger partial charge in [0, 0.05) is 24.2 Å². The molecule has 0 aromatic carbocycles. The molecule has 0 amide bonds. The molecule has 4 N–H and O–H groups in total. The summed E-state index contributed by atoms with van der Waals surface area (Å²) in [4.78, 5) is 39.8. The van der Waals surface area contributed by atoms with Gasteiger partial charge in [-0.1, -0.05) is 32.4 Å². The van der Waals surface area contributed by atoms with Crippen molar-refractivity contribution in [3.63, 3.8) is 0 Å². The third kappa shape index (κ3) is 3.45. The van der Waals surface area contributed by atoms with Crippen molar-refractivity contribution in [1.29, 1.82) is 0 Å². The van der Waals surface area contributed by atoms with Gasteiger partial charge in [-0.3, -0.25) is 14.4 Å². The van der Waals surface area contributed by atoms with Crippen LogP contribution in [-0.4, -0.2) is 55.6 Å². The third-order valence-electron chi connectivity index (χ3n) is 11.0. The number of fused-ring (bicyclic) bond motifs is 5. The first-order chi connectivity index (χ1) is 16.3. The van der Waals surface area contributed by atoms with Crippen LogP contribution in [0.5, 0.6) is 0 Å². The molecule has 200 valence electrons. The van der Waals surface area contributed by atoms with E-state index in [1.54, 1.807) is 19.9 Å². The van der Waals surface area contributed by atoms with Crippen molar-refractivity contribution in [2.45, 2.75) is 98.4 Å². The average molecular weight is 503 g/mol. The van der Waals surface area contributed by atoms with Gasteiger partial charge >= 0.3 is 0 Å². The fraction of sp³-hybridized carbons (Fsp3) is 0.759. The molecule has 4 rings (SSSR count). The van der Waals surface area contributed by atoms with Crippen LogP contribution in [0.2, 0.25) is 0 Å². The number of carbonyl (C=O) groups is 3. The van der Waals surface area contributed by atoms with Gasteiger partial charge < -0.3 is 20.4 Å². The molecule has 0 heterocycles. The molecule has 4 aliphatic carbocycles. The lowest BCUT2D eigenvalue weighted by Crippen LogP contribution is -2.63. The third-order valence-corrected chi connectivity index (χ3v) is 11.0. The highest BCUT2D eigenvalue weighted by atomic mass is 16.3. The lowest BCUT2D eigenvalue weighted by molar-refractivity contribution is -0.171. The highest BCUT2D eigenvalue weighted by molar-refractivity contribution is 6.02. The second-order valence-corrected chi connectivity index (χ2v) is 13.6. The summed E-state index contributed by atoms with van der Waals surface area (Å²) in [5.74, 6) is -2.03. The van der Waals surface area contributed by atoms with Gasteiger partial charge in [0.1, 0.15) is 11.9 Å². The van der Waals surface area contributed by atoms with Crippen molar-refractivity contribution in [2.24, 2.45) is 39.4 Å². The number of aliphatic hydroxyl groups excluding tert-OH is 3. The first kappa shape index (κ1) is 27.2. The molecule has 0 aromatic rings. The van der Waals surface area contributed by atoms with E-state index in [4.69, 9.17) is 0 Å².